The highest BCUT2D eigenvalue weighted by atomic mass is 35.5. The van der Waals surface area contributed by atoms with E-state index in [-0.39, 0.29) is 0 Å². The van der Waals surface area contributed by atoms with Crippen molar-refractivity contribution >= 4 is 23.2 Å². The summed E-state index contributed by atoms with van der Waals surface area (Å²) in [6, 6.07) is 0. The van der Waals surface area contributed by atoms with Gasteiger partial charge in [-0.05, 0) is 19.8 Å². The van der Waals surface area contributed by atoms with Gasteiger partial charge in [0, 0.05) is 19.3 Å². The third kappa shape index (κ3) is 3.37. The number of halogens is 2. The first-order valence-electron chi connectivity index (χ1n) is 4.98. The number of aliphatic hydroxyl groups excluding tert-OH is 1. The van der Waals surface area contributed by atoms with Crippen molar-refractivity contribution in [3.8, 4) is 0 Å². The summed E-state index contributed by atoms with van der Waals surface area (Å²) in [5.41, 5.74) is 1.69. The van der Waals surface area contributed by atoms with Gasteiger partial charge in [0.05, 0.1) is 22.5 Å². The summed E-state index contributed by atoms with van der Waals surface area (Å²) < 4.78 is 1.72. The zero-order valence-corrected chi connectivity index (χ0v) is 10.5. The maximum Gasteiger partial charge on any atom is 0.0847 e. The largest absolute Gasteiger partial charge is 0.393 e. The van der Waals surface area contributed by atoms with E-state index in [0.29, 0.717) is 23.7 Å². The molecule has 1 N–H and O–H groups in total. The first-order chi connectivity index (χ1) is 7.06. The predicted molar refractivity (Wildman–Crippen MR) is 62.6 cm³/mol. The summed E-state index contributed by atoms with van der Waals surface area (Å²) in [5, 5.41) is 14.6. The van der Waals surface area contributed by atoms with Gasteiger partial charge in [-0.15, -0.1) is 11.6 Å². The predicted octanol–water partition coefficient (Wildman–Crippen LogP) is 2.30. The Morgan fingerprint density at radius 3 is 2.67 bits per heavy atom. The van der Waals surface area contributed by atoms with E-state index in [1.807, 2.05) is 14.0 Å². The maximum atomic E-state index is 9.73. The number of rotatable bonds is 5. The normalized spacial score (nSPS) is 13.1. The lowest BCUT2D eigenvalue weighted by Crippen LogP contribution is -2.13. The molecule has 1 atom stereocenters. The lowest BCUT2D eigenvalue weighted by molar-refractivity contribution is 0.162. The van der Waals surface area contributed by atoms with Crippen LogP contribution in [0.3, 0.4) is 0 Å². The van der Waals surface area contributed by atoms with E-state index in [0.717, 1.165) is 17.8 Å². The third-order valence-corrected chi connectivity index (χ3v) is 3.12. The van der Waals surface area contributed by atoms with E-state index in [9.17, 15) is 5.11 Å². The Morgan fingerprint density at radius 2 is 2.20 bits per heavy atom. The van der Waals surface area contributed by atoms with Crippen molar-refractivity contribution in [2.45, 2.75) is 32.3 Å². The molecule has 0 saturated carbocycles. The van der Waals surface area contributed by atoms with Crippen molar-refractivity contribution in [3.63, 3.8) is 0 Å². The van der Waals surface area contributed by atoms with Crippen molar-refractivity contribution in [2.75, 3.05) is 5.88 Å². The van der Waals surface area contributed by atoms with Crippen LogP contribution in [-0.2, 0) is 13.5 Å². The van der Waals surface area contributed by atoms with Crippen molar-refractivity contribution in [2.24, 2.45) is 7.05 Å². The van der Waals surface area contributed by atoms with E-state index in [1.165, 1.54) is 0 Å². The summed E-state index contributed by atoms with van der Waals surface area (Å²) in [7, 11) is 1.84. The van der Waals surface area contributed by atoms with Crippen molar-refractivity contribution in [1.82, 2.24) is 9.78 Å². The molecule has 0 aliphatic heterocycles. The molecule has 0 fully saturated rings. The number of alkyl halides is 1. The molecule has 0 radical (unpaired) electrons. The monoisotopic (exact) mass is 250 g/mol. The van der Waals surface area contributed by atoms with E-state index in [4.69, 9.17) is 23.2 Å². The molecule has 5 heteroatoms. The van der Waals surface area contributed by atoms with Crippen LogP contribution < -0.4 is 0 Å². The minimum absolute atomic E-state index is 0.393. The molecule has 0 saturated heterocycles. The highest BCUT2D eigenvalue weighted by molar-refractivity contribution is 6.31. The fraction of sp³-hybridized carbons (Fsp3) is 0.700. The molecule has 0 aliphatic rings. The van der Waals surface area contributed by atoms with Crippen LogP contribution >= 0.6 is 23.2 Å². The number of nitrogens with zero attached hydrogens (tertiary/aromatic N) is 2. The van der Waals surface area contributed by atoms with Crippen molar-refractivity contribution in [3.05, 3.63) is 16.4 Å². The molecule has 3 nitrogen and oxygen atoms in total. The highest BCUT2D eigenvalue weighted by Gasteiger charge is 2.14. The van der Waals surface area contributed by atoms with E-state index >= 15 is 0 Å². The first kappa shape index (κ1) is 12.8. The van der Waals surface area contributed by atoms with Crippen LogP contribution in [-0.4, -0.2) is 26.9 Å². The van der Waals surface area contributed by atoms with Crippen molar-refractivity contribution in [1.29, 1.82) is 0 Å². The highest BCUT2D eigenvalue weighted by Crippen LogP contribution is 2.21. The second-order valence-corrected chi connectivity index (χ2v) is 4.41. The van der Waals surface area contributed by atoms with Gasteiger partial charge in [0.2, 0.25) is 0 Å². The average Bonchev–Trinajstić information content (AvgIpc) is 2.42. The standard InChI is InChI=1S/C10H16Cl2N2O/c1-7-10(12)9(14(2)13-7)6-8(15)4-3-5-11/h8,15H,3-6H2,1-2H3. The molecular formula is C10H16Cl2N2O. The Labute approximate surface area is 100.0 Å². The summed E-state index contributed by atoms with van der Waals surface area (Å²) in [4.78, 5) is 0. The fourth-order valence-corrected chi connectivity index (χ4v) is 1.93. The molecule has 1 heterocycles. The van der Waals surface area contributed by atoms with Crippen LogP contribution in [0.1, 0.15) is 24.2 Å². The smallest absolute Gasteiger partial charge is 0.0847 e. The second kappa shape index (κ2) is 5.73. The molecule has 1 aromatic heterocycles. The Hall–Kier alpha value is -0.250. The number of aromatic nitrogens is 2. The molecule has 0 bridgehead atoms. The zero-order chi connectivity index (χ0) is 11.4. The number of aliphatic hydroxyl groups is 1. The average molecular weight is 251 g/mol. The van der Waals surface area contributed by atoms with E-state index in [2.05, 4.69) is 5.10 Å². The van der Waals surface area contributed by atoms with Gasteiger partial charge in [-0.25, -0.2) is 0 Å². The SMILES string of the molecule is Cc1nn(C)c(CC(O)CCCCl)c1Cl. The maximum absolute atomic E-state index is 9.73. The molecule has 0 amide bonds. The van der Waals surface area contributed by atoms with Crippen LogP contribution in [0.25, 0.3) is 0 Å². The zero-order valence-electron chi connectivity index (χ0n) is 9.00. The lowest BCUT2D eigenvalue weighted by Gasteiger charge is -2.09. The lowest BCUT2D eigenvalue weighted by atomic mass is 10.1. The van der Waals surface area contributed by atoms with E-state index in [1.54, 1.807) is 4.68 Å². The van der Waals surface area contributed by atoms with Crippen molar-refractivity contribution < 1.29 is 5.11 Å². The quantitative estimate of drug-likeness (QED) is 0.815. The van der Waals surface area contributed by atoms with Gasteiger partial charge < -0.3 is 5.11 Å². The van der Waals surface area contributed by atoms with E-state index < -0.39 is 6.10 Å². The molecule has 86 valence electrons. The van der Waals surface area contributed by atoms with Gasteiger partial charge in [0.15, 0.2) is 0 Å². The topological polar surface area (TPSA) is 38.0 Å². The minimum atomic E-state index is -0.393. The van der Waals surface area contributed by atoms with Gasteiger partial charge >= 0.3 is 0 Å². The van der Waals surface area contributed by atoms with Gasteiger partial charge in [-0.3, -0.25) is 4.68 Å². The second-order valence-electron chi connectivity index (χ2n) is 3.66. The van der Waals surface area contributed by atoms with Gasteiger partial charge in [0.1, 0.15) is 0 Å². The number of hydrogen-bond acceptors (Lipinski definition) is 2. The molecule has 15 heavy (non-hydrogen) atoms. The molecule has 0 aliphatic carbocycles. The molecule has 0 spiro atoms. The third-order valence-electron chi connectivity index (χ3n) is 2.36. The molecular weight excluding hydrogens is 235 g/mol. The Kier molecular flexibility index (Phi) is 4.90. The minimum Gasteiger partial charge on any atom is -0.393 e. The molecule has 1 rings (SSSR count). The van der Waals surface area contributed by atoms with Crippen LogP contribution in [0.2, 0.25) is 5.02 Å². The summed E-state index contributed by atoms with van der Waals surface area (Å²) >= 11 is 11.6. The Balaban J connectivity index is 2.63. The summed E-state index contributed by atoms with van der Waals surface area (Å²) in [5.74, 6) is 0.579. The van der Waals surface area contributed by atoms with Crippen LogP contribution in [0.5, 0.6) is 0 Å². The molecule has 1 aromatic rings. The number of aryl methyl sites for hydroxylation is 2. The van der Waals surface area contributed by atoms with Crippen LogP contribution in [0, 0.1) is 6.92 Å². The molecule has 1 unspecified atom stereocenters. The van der Waals surface area contributed by atoms with Gasteiger partial charge in [-0.1, -0.05) is 11.6 Å². The fourth-order valence-electron chi connectivity index (χ4n) is 1.54. The van der Waals surface area contributed by atoms with Crippen LogP contribution in [0.15, 0.2) is 0 Å². The Morgan fingerprint density at radius 1 is 1.53 bits per heavy atom. The van der Waals surface area contributed by atoms with Gasteiger partial charge in [0.25, 0.3) is 0 Å². The molecule has 0 aromatic carbocycles. The summed E-state index contributed by atoms with van der Waals surface area (Å²) in [6.45, 7) is 1.86. The van der Waals surface area contributed by atoms with Gasteiger partial charge in [-0.2, -0.15) is 5.10 Å². The number of hydrogen-bond donors (Lipinski definition) is 1. The van der Waals surface area contributed by atoms with Crippen LogP contribution in [0.4, 0.5) is 0 Å². The Bertz CT molecular complexity index is 325. The summed E-state index contributed by atoms with van der Waals surface area (Å²) in [6.07, 6.45) is 1.66. The first-order valence-corrected chi connectivity index (χ1v) is 5.89.